The van der Waals surface area contributed by atoms with Crippen molar-refractivity contribution in [2.45, 2.75) is 44.4 Å². The molecule has 0 spiro atoms. The summed E-state index contributed by atoms with van der Waals surface area (Å²) in [5, 5.41) is 7.07. The van der Waals surface area contributed by atoms with Crippen molar-refractivity contribution in [1.82, 2.24) is 14.1 Å². The van der Waals surface area contributed by atoms with Crippen molar-refractivity contribution < 1.29 is 13.2 Å². The summed E-state index contributed by atoms with van der Waals surface area (Å²) in [7, 11) is -1.70. The lowest BCUT2D eigenvalue weighted by atomic mass is 10.2. The summed E-state index contributed by atoms with van der Waals surface area (Å²) in [5.41, 5.74) is 3.17. The molecule has 1 aliphatic rings. The Bertz CT molecular complexity index is 1020. The van der Waals surface area contributed by atoms with Crippen molar-refractivity contribution in [3.05, 3.63) is 47.3 Å². The van der Waals surface area contributed by atoms with E-state index in [9.17, 15) is 13.2 Å². The second-order valence-electron chi connectivity index (χ2n) is 7.38. The van der Waals surface area contributed by atoms with E-state index in [-0.39, 0.29) is 10.8 Å². The Labute approximate surface area is 172 Å². The molecular weight excluding hydrogens is 388 g/mol. The molecule has 7 nitrogen and oxygen atoms in total. The summed E-state index contributed by atoms with van der Waals surface area (Å²) in [6.45, 7) is 4.92. The normalized spacial score (nSPS) is 16.1. The van der Waals surface area contributed by atoms with Gasteiger partial charge in [0.2, 0.25) is 15.9 Å². The molecule has 29 heavy (non-hydrogen) atoms. The maximum Gasteiger partial charge on any atom is 0.248 e. The molecule has 0 aliphatic carbocycles. The molecule has 0 unspecified atom stereocenters. The van der Waals surface area contributed by atoms with E-state index >= 15 is 0 Å². The Hall–Kier alpha value is -2.45. The number of sulfonamides is 1. The minimum absolute atomic E-state index is 0.208. The van der Waals surface area contributed by atoms with Gasteiger partial charge in [-0.25, -0.2) is 8.42 Å². The Balaban J connectivity index is 1.74. The van der Waals surface area contributed by atoms with Gasteiger partial charge < -0.3 is 5.32 Å². The van der Waals surface area contributed by atoms with Crippen LogP contribution in [0.15, 0.2) is 35.2 Å². The van der Waals surface area contributed by atoms with Gasteiger partial charge in [-0.05, 0) is 51.0 Å². The topological polar surface area (TPSA) is 84.3 Å². The fourth-order valence-electron chi connectivity index (χ4n) is 3.54. The standard InChI is InChI=1S/C21H28N4O3S/c1-16-20(17(2)24(3)23-16)11-12-21(26)22-18-9-8-10-19(15-18)29(27,28)25-13-6-4-5-7-14-25/h8-12,15H,4-7,13-14H2,1-3H3,(H,22,26)/b12-11+. The maximum atomic E-state index is 13.0. The Morgan fingerprint density at radius 2 is 1.83 bits per heavy atom. The maximum absolute atomic E-state index is 13.0. The number of nitrogens with zero attached hydrogens (tertiary/aromatic N) is 3. The zero-order valence-corrected chi connectivity index (χ0v) is 18.0. The monoisotopic (exact) mass is 416 g/mol. The first-order valence-electron chi connectivity index (χ1n) is 9.88. The highest BCUT2D eigenvalue weighted by Crippen LogP contribution is 2.23. The predicted molar refractivity (Wildman–Crippen MR) is 114 cm³/mol. The number of nitrogens with one attached hydrogen (secondary N) is 1. The number of amides is 1. The lowest BCUT2D eigenvalue weighted by Gasteiger charge is -2.20. The minimum Gasteiger partial charge on any atom is -0.322 e. The van der Waals surface area contributed by atoms with Crippen molar-refractivity contribution in [3.63, 3.8) is 0 Å². The third kappa shape index (κ3) is 4.94. The van der Waals surface area contributed by atoms with Gasteiger partial charge in [-0.3, -0.25) is 9.48 Å². The van der Waals surface area contributed by atoms with Gasteiger partial charge in [-0.15, -0.1) is 0 Å². The molecule has 0 bridgehead atoms. The summed E-state index contributed by atoms with van der Waals surface area (Å²) in [6.07, 6.45) is 7.05. The van der Waals surface area contributed by atoms with E-state index in [0.29, 0.717) is 18.8 Å². The number of anilines is 1. The first-order valence-corrected chi connectivity index (χ1v) is 11.3. The molecule has 8 heteroatoms. The fraction of sp³-hybridized carbons (Fsp3) is 0.429. The number of aryl methyl sites for hydroxylation is 2. The number of hydrogen-bond donors (Lipinski definition) is 1. The average molecular weight is 417 g/mol. The summed E-state index contributed by atoms with van der Waals surface area (Å²) in [5.74, 6) is -0.322. The highest BCUT2D eigenvalue weighted by atomic mass is 32.2. The molecule has 1 fully saturated rings. The van der Waals surface area contributed by atoms with E-state index in [4.69, 9.17) is 0 Å². The highest BCUT2D eigenvalue weighted by molar-refractivity contribution is 7.89. The molecule has 1 aliphatic heterocycles. The molecule has 0 saturated carbocycles. The minimum atomic E-state index is -3.55. The van der Waals surface area contributed by atoms with Gasteiger partial charge in [-0.2, -0.15) is 9.40 Å². The number of rotatable bonds is 5. The van der Waals surface area contributed by atoms with E-state index in [1.165, 1.54) is 12.1 Å². The van der Waals surface area contributed by atoms with Crippen LogP contribution in [-0.2, 0) is 21.9 Å². The molecule has 1 N–H and O–H groups in total. The molecule has 2 aromatic rings. The van der Waals surface area contributed by atoms with Gasteiger partial charge in [-0.1, -0.05) is 18.9 Å². The summed E-state index contributed by atoms with van der Waals surface area (Å²) < 4.78 is 29.2. The van der Waals surface area contributed by atoms with Crippen LogP contribution in [0.4, 0.5) is 5.69 Å². The first kappa shape index (κ1) is 21.3. The molecule has 1 aromatic heterocycles. The number of carbonyl (C=O) groups is 1. The lowest BCUT2D eigenvalue weighted by Crippen LogP contribution is -2.32. The molecule has 0 radical (unpaired) electrons. The van der Waals surface area contributed by atoms with Crippen molar-refractivity contribution in [1.29, 1.82) is 0 Å². The van der Waals surface area contributed by atoms with E-state index in [1.807, 2.05) is 20.9 Å². The second-order valence-corrected chi connectivity index (χ2v) is 9.31. The lowest BCUT2D eigenvalue weighted by molar-refractivity contribution is -0.111. The summed E-state index contributed by atoms with van der Waals surface area (Å²) in [6, 6.07) is 6.44. The zero-order valence-electron chi connectivity index (χ0n) is 17.2. The molecule has 1 aromatic carbocycles. The molecule has 0 atom stereocenters. The molecule has 156 valence electrons. The van der Waals surface area contributed by atoms with Crippen LogP contribution in [0, 0.1) is 13.8 Å². The van der Waals surface area contributed by atoms with E-state index in [1.54, 1.807) is 33.3 Å². The zero-order chi connectivity index (χ0) is 21.0. The van der Waals surface area contributed by atoms with Crippen LogP contribution in [0.25, 0.3) is 6.08 Å². The molecule has 1 amide bonds. The van der Waals surface area contributed by atoms with Crippen molar-refractivity contribution >= 4 is 27.7 Å². The summed E-state index contributed by atoms with van der Waals surface area (Å²) >= 11 is 0. The number of carbonyl (C=O) groups excluding carboxylic acids is 1. The van der Waals surface area contributed by atoms with Gasteiger partial charge in [0.15, 0.2) is 0 Å². The van der Waals surface area contributed by atoms with E-state index < -0.39 is 10.0 Å². The second kappa shape index (κ2) is 8.92. The highest BCUT2D eigenvalue weighted by Gasteiger charge is 2.25. The van der Waals surface area contributed by atoms with Crippen molar-refractivity contribution in [3.8, 4) is 0 Å². The SMILES string of the molecule is Cc1nn(C)c(C)c1/C=C/C(=O)Nc1cccc(S(=O)(=O)N2CCCCCC2)c1. The predicted octanol–water partition coefficient (Wildman–Crippen LogP) is 3.25. The van der Waals surface area contributed by atoms with Gasteiger partial charge in [0.25, 0.3) is 0 Å². The van der Waals surface area contributed by atoms with Gasteiger partial charge in [0, 0.05) is 43.2 Å². The molecular formula is C21H28N4O3S. The first-order chi connectivity index (χ1) is 13.8. The number of hydrogen-bond acceptors (Lipinski definition) is 4. The summed E-state index contributed by atoms with van der Waals surface area (Å²) in [4.78, 5) is 12.5. The Morgan fingerprint density at radius 1 is 1.14 bits per heavy atom. The van der Waals surface area contributed by atoms with Crippen LogP contribution in [0.1, 0.15) is 42.6 Å². The Kier molecular flexibility index (Phi) is 6.54. The van der Waals surface area contributed by atoms with Crippen LogP contribution in [0.3, 0.4) is 0 Å². The number of benzene rings is 1. The quantitative estimate of drug-likeness (QED) is 0.759. The smallest absolute Gasteiger partial charge is 0.248 e. The van der Waals surface area contributed by atoms with Crippen LogP contribution in [0.5, 0.6) is 0 Å². The number of aromatic nitrogens is 2. The fourth-order valence-corrected chi connectivity index (χ4v) is 5.10. The third-order valence-corrected chi connectivity index (χ3v) is 7.17. The van der Waals surface area contributed by atoms with Crippen molar-refractivity contribution in [2.24, 2.45) is 7.05 Å². The molecule has 2 heterocycles. The molecule has 3 rings (SSSR count). The van der Waals surface area contributed by atoms with Crippen LogP contribution in [-0.4, -0.2) is 41.5 Å². The van der Waals surface area contributed by atoms with Crippen molar-refractivity contribution in [2.75, 3.05) is 18.4 Å². The van der Waals surface area contributed by atoms with E-state index in [0.717, 1.165) is 42.6 Å². The average Bonchev–Trinajstić information content (AvgIpc) is 2.89. The van der Waals surface area contributed by atoms with Crippen LogP contribution in [0.2, 0.25) is 0 Å². The van der Waals surface area contributed by atoms with Gasteiger partial charge in [0.1, 0.15) is 0 Å². The largest absolute Gasteiger partial charge is 0.322 e. The van der Waals surface area contributed by atoms with Crippen LogP contribution < -0.4 is 5.32 Å². The van der Waals surface area contributed by atoms with Gasteiger partial charge >= 0.3 is 0 Å². The van der Waals surface area contributed by atoms with Gasteiger partial charge in [0.05, 0.1) is 10.6 Å². The molecule has 1 saturated heterocycles. The third-order valence-electron chi connectivity index (χ3n) is 5.27. The van der Waals surface area contributed by atoms with E-state index in [2.05, 4.69) is 10.4 Å². The van der Waals surface area contributed by atoms with Crippen LogP contribution >= 0.6 is 0 Å². The Morgan fingerprint density at radius 3 is 2.45 bits per heavy atom.